The summed E-state index contributed by atoms with van der Waals surface area (Å²) in [5.41, 5.74) is 2.46. The predicted molar refractivity (Wildman–Crippen MR) is 92.2 cm³/mol. The molecule has 23 heavy (non-hydrogen) atoms. The minimum Gasteiger partial charge on any atom is -0.345 e. The molecule has 0 unspecified atom stereocenters. The van der Waals surface area contributed by atoms with Crippen LogP contribution in [0.2, 0.25) is 0 Å². The van der Waals surface area contributed by atoms with Crippen molar-refractivity contribution >= 4 is 0 Å². The fourth-order valence-electron chi connectivity index (χ4n) is 2.98. The zero-order valence-electron chi connectivity index (χ0n) is 14.2. The van der Waals surface area contributed by atoms with Crippen LogP contribution in [-0.2, 0) is 9.47 Å². The van der Waals surface area contributed by atoms with Crippen LogP contribution in [0.25, 0.3) is 0 Å². The van der Waals surface area contributed by atoms with E-state index >= 15 is 0 Å². The van der Waals surface area contributed by atoms with E-state index in [0.29, 0.717) is 6.04 Å². The van der Waals surface area contributed by atoms with Crippen molar-refractivity contribution in [1.29, 1.82) is 0 Å². The molecule has 0 N–H and O–H groups in total. The number of hydrogen-bond donors (Lipinski definition) is 0. The Balaban J connectivity index is 1.83. The van der Waals surface area contributed by atoms with E-state index in [9.17, 15) is 0 Å². The van der Waals surface area contributed by atoms with Gasteiger partial charge in [-0.05, 0) is 11.1 Å². The molecule has 122 valence electrons. The van der Waals surface area contributed by atoms with Crippen LogP contribution in [0.3, 0.4) is 0 Å². The fraction of sp³-hybridized carbons (Fsp3) is 0.400. The van der Waals surface area contributed by atoms with Gasteiger partial charge in [0.2, 0.25) is 0 Å². The van der Waals surface area contributed by atoms with E-state index in [-0.39, 0.29) is 12.2 Å². The SMILES string of the molecule is C[N+](C)(C)C1COC(C(c2ccccc2)c2ccccc2)OC1. The number of hydrogen-bond acceptors (Lipinski definition) is 2. The maximum absolute atomic E-state index is 6.15. The van der Waals surface area contributed by atoms with Gasteiger partial charge in [-0.2, -0.15) is 0 Å². The highest BCUT2D eigenvalue weighted by Crippen LogP contribution is 2.32. The first kappa shape index (κ1) is 16.2. The van der Waals surface area contributed by atoms with Crippen LogP contribution in [0.15, 0.2) is 60.7 Å². The summed E-state index contributed by atoms with van der Waals surface area (Å²) in [4.78, 5) is 0. The molecule has 0 atom stereocenters. The molecule has 0 radical (unpaired) electrons. The molecule has 2 aromatic carbocycles. The van der Waals surface area contributed by atoms with Crippen molar-refractivity contribution in [1.82, 2.24) is 0 Å². The summed E-state index contributed by atoms with van der Waals surface area (Å²) in [6.07, 6.45) is -0.234. The molecular formula is C20H26NO2+. The second kappa shape index (κ2) is 6.83. The van der Waals surface area contributed by atoms with Crippen LogP contribution in [0.5, 0.6) is 0 Å². The smallest absolute Gasteiger partial charge is 0.169 e. The Bertz CT molecular complexity index is 559. The molecule has 3 nitrogen and oxygen atoms in total. The third kappa shape index (κ3) is 3.81. The molecule has 0 spiro atoms. The van der Waals surface area contributed by atoms with Gasteiger partial charge in [0.1, 0.15) is 19.3 Å². The lowest BCUT2D eigenvalue weighted by Gasteiger charge is -2.40. The van der Waals surface area contributed by atoms with E-state index in [1.165, 1.54) is 11.1 Å². The highest BCUT2D eigenvalue weighted by Gasteiger charge is 2.36. The van der Waals surface area contributed by atoms with Crippen molar-refractivity contribution < 1.29 is 14.0 Å². The average molecular weight is 312 g/mol. The van der Waals surface area contributed by atoms with E-state index in [0.717, 1.165) is 17.7 Å². The molecule has 0 bridgehead atoms. The number of benzene rings is 2. The first-order valence-corrected chi connectivity index (χ1v) is 8.20. The quantitative estimate of drug-likeness (QED) is 0.807. The summed E-state index contributed by atoms with van der Waals surface area (Å²) in [5, 5.41) is 0. The molecule has 3 rings (SSSR count). The molecule has 1 aliphatic rings. The highest BCUT2D eigenvalue weighted by atomic mass is 16.7. The minimum atomic E-state index is -0.234. The molecule has 0 aromatic heterocycles. The molecule has 0 amide bonds. The Morgan fingerprint density at radius 3 is 1.61 bits per heavy atom. The van der Waals surface area contributed by atoms with E-state index in [1.54, 1.807) is 0 Å². The first-order chi connectivity index (χ1) is 11.1. The van der Waals surface area contributed by atoms with Gasteiger partial charge in [0.05, 0.1) is 27.1 Å². The number of quaternary nitrogens is 1. The summed E-state index contributed by atoms with van der Waals surface area (Å²) in [6.45, 7) is 1.45. The molecule has 1 aliphatic heterocycles. The zero-order chi connectivity index (χ0) is 16.3. The van der Waals surface area contributed by atoms with Gasteiger partial charge in [0.15, 0.2) is 6.29 Å². The summed E-state index contributed by atoms with van der Waals surface area (Å²) in [7, 11) is 6.55. The van der Waals surface area contributed by atoms with Crippen molar-refractivity contribution in [3.63, 3.8) is 0 Å². The molecule has 1 heterocycles. The summed E-state index contributed by atoms with van der Waals surface area (Å²) in [6, 6.07) is 21.3. The van der Waals surface area contributed by atoms with Crippen molar-refractivity contribution in [3.05, 3.63) is 71.8 Å². The Labute approximate surface area is 139 Å². The van der Waals surface area contributed by atoms with Crippen LogP contribution in [0.4, 0.5) is 0 Å². The third-order valence-electron chi connectivity index (χ3n) is 4.59. The Morgan fingerprint density at radius 1 is 0.783 bits per heavy atom. The van der Waals surface area contributed by atoms with Crippen molar-refractivity contribution in [3.8, 4) is 0 Å². The van der Waals surface area contributed by atoms with E-state index in [1.807, 2.05) is 12.1 Å². The Kier molecular flexibility index (Phi) is 4.81. The van der Waals surface area contributed by atoms with Gasteiger partial charge >= 0.3 is 0 Å². The summed E-state index contributed by atoms with van der Waals surface area (Å²) < 4.78 is 13.2. The van der Waals surface area contributed by atoms with Crippen LogP contribution in [0, 0.1) is 0 Å². The summed E-state index contributed by atoms with van der Waals surface area (Å²) in [5.74, 6) is 0.103. The van der Waals surface area contributed by atoms with Crippen LogP contribution in [0.1, 0.15) is 17.0 Å². The second-order valence-electron chi connectivity index (χ2n) is 7.10. The van der Waals surface area contributed by atoms with Gasteiger partial charge in [-0.15, -0.1) is 0 Å². The maximum Gasteiger partial charge on any atom is 0.169 e. The van der Waals surface area contributed by atoms with Gasteiger partial charge in [-0.25, -0.2) is 0 Å². The normalized spacial score (nSPS) is 22.3. The maximum atomic E-state index is 6.15. The highest BCUT2D eigenvalue weighted by molar-refractivity contribution is 5.33. The van der Waals surface area contributed by atoms with Crippen molar-refractivity contribution in [2.45, 2.75) is 18.2 Å². The minimum absolute atomic E-state index is 0.103. The van der Waals surface area contributed by atoms with Crippen LogP contribution in [-0.4, -0.2) is 51.2 Å². The number of nitrogens with zero attached hydrogens (tertiary/aromatic N) is 1. The van der Waals surface area contributed by atoms with E-state index in [4.69, 9.17) is 9.47 Å². The lowest BCUT2D eigenvalue weighted by molar-refractivity contribution is -0.899. The van der Waals surface area contributed by atoms with Crippen LogP contribution >= 0.6 is 0 Å². The molecule has 3 heteroatoms. The van der Waals surface area contributed by atoms with E-state index < -0.39 is 0 Å². The largest absolute Gasteiger partial charge is 0.345 e. The monoisotopic (exact) mass is 312 g/mol. The molecule has 2 aromatic rings. The summed E-state index contributed by atoms with van der Waals surface area (Å²) >= 11 is 0. The van der Waals surface area contributed by atoms with Crippen LogP contribution < -0.4 is 0 Å². The van der Waals surface area contributed by atoms with Gasteiger partial charge < -0.3 is 14.0 Å². The Morgan fingerprint density at radius 2 is 1.22 bits per heavy atom. The number of ether oxygens (including phenoxy) is 2. The zero-order valence-corrected chi connectivity index (χ0v) is 14.2. The van der Waals surface area contributed by atoms with Gasteiger partial charge in [-0.3, -0.25) is 0 Å². The topological polar surface area (TPSA) is 18.5 Å². The van der Waals surface area contributed by atoms with Gasteiger partial charge in [0.25, 0.3) is 0 Å². The molecule has 0 saturated carbocycles. The molecule has 0 aliphatic carbocycles. The standard InChI is InChI=1S/C20H26NO2/c1-21(2,3)18-14-22-20(23-15-18)19(16-10-6-4-7-11-16)17-12-8-5-9-13-17/h4-13,18-20H,14-15H2,1-3H3/q+1. The lowest BCUT2D eigenvalue weighted by Crippen LogP contribution is -2.54. The van der Waals surface area contributed by atoms with Crippen molar-refractivity contribution in [2.75, 3.05) is 34.4 Å². The molecular weight excluding hydrogens is 286 g/mol. The average Bonchev–Trinajstić information content (AvgIpc) is 2.57. The van der Waals surface area contributed by atoms with Gasteiger partial charge in [0, 0.05) is 0 Å². The number of rotatable bonds is 4. The second-order valence-corrected chi connectivity index (χ2v) is 7.10. The van der Waals surface area contributed by atoms with Crippen molar-refractivity contribution in [2.24, 2.45) is 0 Å². The van der Waals surface area contributed by atoms with E-state index in [2.05, 4.69) is 69.7 Å². The third-order valence-corrected chi connectivity index (χ3v) is 4.59. The molecule has 1 saturated heterocycles. The number of likely N-dealkylation sites (N-methyl/N-ethyl adjacent to an activating group) is 1. The predicted octanol–water partition coefficient (Wildman–Crippen LogP) is 3.27. The Hall–Kier alpha value is -1.68. The fourth-order valence-corrected chi connectivity index (χ4v) is 2.98. The molecule has 1 fully saturated rings. The lowest BCUT2D eigenvalue weighted by atomic mass is 9.90. The first-order valence-electron chi connectivity index (χ1n) is 8.20. The van der Waals surface area contributed by atoms with Gasteiger partial charge in [-0.1, -0.05) is 60.7 Å².